The van der Waals surface area contributed by atoms with E-state index in [0.29, 0.717) is 5.69 Å². The standard InChI is InChI=1S/C19H16F3N3O3S2/c1-25(17(27)9-13-11-30-18(24-13)15-3-2-8-29-15)10-16(26)23-12-4-6-14(7-5-12)28-19(20,21)22/h2-8,11H,9-10H2,1H3,(H,23,26). The second-order valence-corrected chi connectivity index (χ2v) is 7.97. The van der Waals surface area contributed by atoms with Crippen molar-refractivity contribution in [3.8, 4) is 15.6 Å². The Hall–Kier alpha value is -2.92. The van der Waals surface area contributed by atoms with Crippen LogP contribution in [0.15, 0.2) is 47.2 Å². The molecule has 3 aromatic rings. The van der Waals surface area contributed by atoms with Gasteiger partial charge in [-0.3, -0.25) is 9.59 Å². The number of alkyl halides is 3. The Kier molecular flexibility index (Phi) is 6.73. The number of hydrogen-bond donors (Lipinski definition) is 1. The van der Waals surface area contributed by atoms with Gasteiger partial charge in [-0.15, -0.1) is 35.8 Å². The summed E-state index contributed by atoms with van der Waals surface area (Å²) in [6, 6.07) is 8.62. The molecule has 30 heavy (non-hydrogen) atoms. The van der Waals surface area contributed by atoms with Crippen LogP contribution in [0.4, 0.5) is 18.9 Å². The average Bonchev–Trinajstić information content (AvgIpc) is 3.33. The molecule has 6 nitrogen and oxygen atoms in total. The number of benzene rings is 1. The van der Waals surface area contributed by atoms with E-state index >= 15 is 0 Å². The minimum absolute atomic E-state index is 0.0646. The van der Waals surface area contributed by atoms with Gasteiger partial charge in [0, 0.05) is 18.1 Å². The number of anilines is 1. The van der Waals surface area contributed by atoms with Gasteiger partial charge >= 0.3 is 6.36 Å². The summed E-state index contributed by atoms with van der Waals surface area (Å²) in [6.07, 6.45) is -4.72. The molecule has 0 unspecified atom stereocenters. The first-order valence-electron chi connectivity index (χ1n) is 8.57. The van der Waals surface area contributed by atoms with E-state index < -0.39 is 18.0 Å². The monoisotopic (exact) mass is 455 g/mol. The number of thiazole rings is 1. The number of nitrogens with zero attached hydrogens (tertiary/aromatic N) is 2. The lowest BCUT2D eigenvalue weighted by molar-refractivity contribution is -0.274. The highest BCUT2D eigenvalue weighted by atomic mass is 32.1. The first-order chi connectivity index (χ1) is 14.2. The van der Waals surface area contributed by atoms with Crippen molar-refractivity contribution in [1.29, 1.82) is 0 Å². The Balaban J connectivity index is 1.49. The molecule has 1 N–H and O–H groups in total. The Morgan fingerprint density at radius 1 is 1.17 bits per heavy atom. The van der Waals surface area contributed by atoms with Gasteiger partial charge < -0.3 is 15.0 Å². The van der Waals surface area contributed by atoms with Crippen molar-refractivity contribution in [3.05, 3.63) is 52.9 Å². The highest BCUT2D eigenvalue weighted by Gasteiger charge is 2.31. The van der Waals surface area contributed by atoms with Gasteiger partial charge in [0.15, 0.2) is 0 Å². The van der Waals surface area contributed by atoms with E-state index in [2.05, 4.69) is 15.0 Å². The normalized spacial score (nSPS) is 11.2. The largest absolute Gasteiger partial charge is 0.573 e. The van der Waals surface area contributed by atoms with Gasteiger partial charge in [0.05, 0.1) is 23.5 Å². The van der Waals surface area contributed by atoms with Crippen molar-refractivity contribution < 1.29 is 27.5 Å². The van der Waals surface area contributed by atoms with Crippen molar-refractivity contribution in [3.63, 3.8) is 0 Å². The number of nitrogens with one attached hydrogen (secondary N) is 1. The fraction of sp³-hybridized carbons (Fsp3) is 0.211. The number of likely N-dealkylation sites (N-methyl/N-ethyl adjacent to an activating group) is 1. The lowest BCUT2D eigenvalue weighted by Crippen LogP contribution is -2.35. The van der Waals surface area contributed by atoms with Crippen LogP contribution in [0.25, 0.3) is 9.88 Å². The minimum atomic E-state index is -4.78. The zero-order valence-electron chi connectivity index (χ0n) is 15.6. The van der Waals surface area contributed by atoms with E-state index in [1.54, 1.807) is 11.3 Å². The Morgan fingerprint density at radius 2 is 1.90 bits per heavy atom. The molecule has 0 saturated heterocycles. The van der Waals surface area contributed by atoms with Gasteiger partial charge in [-0.2, -0.15) is 0 Å². The highest BCUT2D eigenvalue weighted by Crippen LogP contribution is 2.28. The Morgan fingerprint density at radius 3 is 2.53 bits per heavy atom. The lowest BCUT2D eigenvalue weighted by atomic mass is 10.3. The molecule has 0 aliphatic heterocycles. The van der Waals surface area contributed by atoms with Gasteiger partial charge in [0.1, 0.15) is 10.8 Å². The van der Waals surface area contributed by atoms with Crippen LogP contribution < -0.4 is 10.1 Å². The maximum atomic E-state index is 12.4. The van der Waals surface area contributed by atoms with Crippen LogP contribution in [0.1, 0.15) is 5.69 Å². The van der Waals surface area contributed by atoms with Gasteiger partial charge in [-0.1, -0.05) is 6.07 Å². The summed E-state index contributed by atoms with van der Waals surface area (Å²) < 4.78 is 40.3. The third-order valence-corrected chi connectivity index (χ3v) is 5.72. The number of rotatable bonds is 7. The summed E-state index contributed by atoms with van der Waals surface area (Å²) in [4.78, 5) is 31.2. The maximum Gasteiger partial charge on any atom is 0.573 e. The van der Waals surface area contributed by atoms with E-state index in [1.807, 2.05) is 22.9 Å². The van der Waals surface area contributed by atoms with Crippen molar-refractivity contribution in [2.75, 3.05) is 18.9 Å². The van der Waals surface area contributed by atoms with Crippen LogP contribution >= 0.6 is 22.7 Å². The summed E-state index contributed by atoms with van der Waals surface area (Å²) in [7, 11) is 1.49. The first-order valence-corrected chi connectivity index (χ1v) is 10.3. The molecule has 0 bridgehead atoms. The quantitative estimate of drug-likeness (QED) is 0.573. The van der Waals surface area contributed by atoms with E-state index in [1.165, 1.54) is 35.4 Å². The third kappa shape index (κ3) is 6.29. The molecule has 0 saturated carbocycles. The zero-order chi connectivity index (χ0) is 21.7. The number of carbonyl (C=O) groups is 2. The van der Waals surface area contributed by atoms with E-state index in [-0.39, 0.29) is 24.6 Å². The van der Waals surface area contributed by atoms with Gasteiger partial charge in [0.2, 0.25) is 11.8 Å². The van der Waals surface area contributed by atoms with Gasteiger partial charge in [-0.05, 0) is 35.7 Å². The summed E-state index contributed by atoms with van der Waals surface area (Å²) in [5, 5.41) is 7.12. The van der Waals surface area contributed by atoms with E-state index in [9.17, 15) is 22.8 Å². The smallest absolute Gasteiger partial charge is 0.406 e. The molecule has 1 aromatic carbocycles. The topological polar surface area (TPSA) is 71.5 Å². The number of thiophene rings is 1. The fourth-order valence-electron chi connectivity index (χ4n) is 2.44. The van der Waals surface area contributed by atoms with Crippen molar-refractivity contribution in [1.82, 2.24) is 9.88 Å². The highest BCUT2D eigenvalue weighted by molar-refractivity contribution is 7.20. The van der Waals surface area contributed by atoms with Gasteiger partial charge in [-0.25, -0.2) is 4.98 Å². The molecule has 0 atom stereocenters. The maximum absolute atomic E-state index is 12.4. The molecule has 2 heterocycles. The first kappa shape index (κ1) is 21.8. The molecule has 0 aliphatic carbocycles. The molecule has 0 fully saturated rings. The molecule has 158 valence electrons. The van der Waals surface area contributed by atoms with Crippen LogP contribution in [0.5, 0.6) is 5.75 Å². The predicted octanol–water partition coefficient (Wildman–Crippen LogP) is 4.41. The van der Waals surface area contributed by atoms with Crippen molar-refractivity contribution >= 4 is 40.2 Å². The molecule has 2 amide bonds. The molecule has 0 radical (unpaired) electrons. The molecule has 3 rings (SSSR count). The molecule has 11 heteroatoms. The van der Waals surface area contributed by atoms with Gasteiger partial charge in [0.25, 0.3) is 0 Å². The number of halogens is 3. The Bertz CT molecular complexity index is 1000. The van der Waals surface area contributed by atoms with E-state index in [0.717, 1.165) is 22.0 Å². The molecular weight excluding hydrogens is 439 g/mol. The summed E-state index contributed by atoms with van der Waals surface area (Å²) >= 11 is 3.01. The van der Waals surface area contributed by atoms with Crippen LogP contribution in [0, 0.1) is 0 Å². The van der Waals surface area contributed by atoms with Crippen LogP contribution in [0.3, 0.4) is 0 Å². The number of carbonyl (C=O) groups excluding carboxylic acids is 2. The average molecular weight is 455 g/mol. The van der Waals surface area contributed by atoms with E-state index in [4.69, 9.17) is 0 Å². The second-order valence-electron chi connectivity index (χ2n) is 6.17. The summed E-state index contributed by atoms with van der Waals surface area (Å²) in [6.45, 7) is -0.207. The zero-order valence-corrected chi connectivity index (χ0v) is 17.2. The second kappa shape index (κ2) is 9.26. The number of ether oxygens (including phenoxy) is 1. The third-order valence-electron chi connectivity index (χ3n) is 3.79. The predicted molar refractivity (Wildman–Crippen MR) is 109 cm³/mol. The number of amides is 2. The van der Waals surface area contributed by atoms with Crippen molar-refractivity contribution in [2.45, 2.75) is 12.8 Å². The summed E-state index contributed by atoms with van der Waals surface area (Å²) in [5.74, 6) is -1.15. The molecule has 0 spiro atoms. The fourth-order valence-corrected chi connectivity index (χ4v) is 4.07. The SMILES string of the molecule is CN(CC(=O)Nc1ccc(OC(F)(F)F)cc1)C(=O)Cc1csc(-c2cccs2)n1. The molecular formula is C19H16F3N3O3S2. The van der Waals surface area contributed by atoms with Crippen LogP contribution in [-0.2, 0) is 16.0 Å². The lowest BCUT2D eigenvalue weighted by Gasteiger charge is -2.16. The minimum Gasteiger partial charge on any atom is -0.406 e. The summed E-state index contributed by atoms with van der Waals surface area (Å²) in [5.41, 5.74) is 0.913. The van der Waals surface area contributed by atoms with Crippen molar-refractivity contribution in [2.24, 2.45) is 0 Å². The Labute approximate surface area is 177 Å². The number of hydrogen-bond acceptors (Lipinski definition) is 6. The van der Waals surface area contributed by atoms with Crippen LogP contribution in [-0.4, -0.2) is 41.7 Å². The number of aromatic nitrogens is 1. The van der Waals surface area contributed by atoms with Crippen LogP contribution in [0.2, 0.25) is 0 Å². The molecule has 2 aromatic heterocycles. The molecule has 0 aliphatic rings.